The van der Waals surface area contributed by atoms with Crippen LogP contribution in [0, 0.1) is 5.82 Å². The van der Waals surface area contributed by atoms with Crippen molar-refractivity contribution < 1.29 is 9.18 Å². The van der Waals surface area contributed by atoms with Crippen LogP contribution in [0.2, 0.25) is 0 Å². The molecule has 2 rings (SSSR count). The van der Waals surface area contributed by atoms with Crippen LogP contribution < -0.4 is 4.90 Å². The van der Waals surface area contributed by atoms with Crippen LogP contribution >= 0.6 is 15.9 Å². The summed E-state index contributed by atoms with van der Waals surface area (Å²) < 4.78 is 14.4. The standard InChI is InChI=1S/C14H11BrFNO/c1-17(14-5-3-2-4-13(14)16)11-7-6-10(9-18)12(15)8-11/h2-9H,1H3. The summed E-state index contributed by atoms with van der Waals surface area (Å²) >= 11 is 3.32. The topological polar surface area (TPSA) is 20.3 Å². The third-order valence-electron chi connectivity index (χ3n) is 2.71. The Kier molecular flexibility index (Phi) is 3.77. The molecule has 0 N–H and O–H groups in total. The normalized spacial score (nSPS) is 10.2. The highest BCUT2D eigenvalue weighted by atomic mass is 79.9. The average Bonchev–Trinajstić information content (AvgIpc) is 2.38. The second kappa shape index (κ2) is 5.31. The molecule has 4 heteroatoms. The maximum absolute atomic E-state index is 13.7. The molecule has 0 aliphatic carbocycles. The van der Waals surface area contributed by atoms with Crippen LogP contribution in [0.3, 0.4) is 0 Å². The molecule has 0 heterocycles. The number of rotatable bonds is 3. The van der Waals surface area contributed by atoms with Gasteiger partial charge >= 0.3 is 0 Å². The summed E-state index contributed by atoms with van der Waals surface area (Å²) in [5.74, 6) is -0.282. The van der Waals surface area contributed by atoms with E-state index in [2.05, 4.69) is 15.9 Å². The Morgan fingerprint density at radius 2 is 1.94 bits per heavy atom. The van der Waals surface area contributed by atoms with Gasteiger partial charge in [0.2, 0.25) is 0 Å². The van der Waals surface area contributed by atoms with Crippen molar-refractivity contribution in [1.82, 2.24) is 0 Å². The van der Waals surface area contributed by atoms with E-state index < -0.39 is 0 Å². The second-order valence-corrected chi connectivity index (χ2v) is 4.69. The average molecular weight is 308 g/mol. The molecule has 0 saturated carbocycles. The summed E-state index contributed by atoms with van der Waals surface area (Å²) in [6.07, 6.45) is 0.775. The zero-order valence-corrected chi connectivity index (χ0v) is 11.3. The lowest BCUT2D eigenvalue weighted by Crippen LogP contribution is -2.11. The van der Waals surface area contributed by atoms with Gasteiger partial charge in [0.25, 0.3) is 0 Å². The number of para-hydroxylation sites is 1. The molecule has 0 unspecified atom stereocenters. The lowest BCUT2D eigenvalue weighted by Gasteiger charge is -2.20. The lowest BCUT2D eigenvalue weighted by molar-refractivity contribution is 0.112. The van der Waals surface area contributed by atoms with Crippen LogP contribution in [0.5, 0.6) is 0 Å². The first kappa shape index (κ1) is 12.8. The fourth-order valence-electron chi connectivity index (χ4n) is 1.68. The quantitative estimate of drug-likeness (QED) is 0.793. The fraction of sp³-hybridized carbons (Fsp3) is 0.0714. The van der Waals surface area contributed by atoms with Crippen LogP contribution in [-0.4, -0.2) is 13.3 Å². The Labute approximate surface area is 113 Å². The van der Waals surface area contributed by atoms with Gasteiger partial charge in [-0.15, -0.1) is 0 Å². The Hall–Kier alpha value is -1.68. The Morgan fingerprint density at radius 1 is 1.22 bits per heavy atom. The SMILES string of the molecule is CN(c1ccc(C=O)c(Br)c1)c1ccccc1F. The molecule has 0 amide bonds. The highest BCUT2D eigenvalue weighted by molar-refractivity contribution is 9.10. The number of aldehydes is 1. The van der Waals surface area contributed by atoms with E-state index >= 15 is 0 Å². The minimum Gasteiger partial charge on any atom is -0.342 e. The molecular weight excluding hydrogens is 297 g/mol. The maximum Gasteiger partial charge on any atom is 0.151 e. The lowest BCUT2D eigenvalue weighted by atomic mass is 10.2. The monoisotopic (exact) mass is 307 g/mol. The summed E-state index contributed by atoms with van der Waals surface area (Å²) in [7, 11) is 1.78. The molecule has 0 aromatic heterocycles. The van der Waals surface area contributed by atoms with E-state index in [9.17, 15) is 9.18 Å². The minimum absolute atomic E-state index is 0.282. The van der Waals surface area contributed by atoms with E-state index in [1.54, 1.807) is 48.3 Å². The molecule has 18 heavy (non-hydrogen) atoms. The number of carbonyl (C=O) groups is 1. The van der Waals surface area contributed by atoms with Crippen molar-refractivity contribution in [3.05, 3.63) is 58.3 Å². The molecule has 0 saturated heterocycles. The van der Waals surface area contributed by atoms with Crippen molar-refractivity contribution in [2.45, 2.75) is 0 Å². The van der Waals surface area contributed by atoms with Gasteiger partial charge in [-0.2, -0.15) is 0 Å². The summed E-state index contributed by atoms with van der Waals surface area (Å²) in [4.78, 5) is 12.5. The molecule has 0 spiro atoms. The largest absolute Gasteiger partial charge is 0.342 e. The van der Waals surface area contributed by atoms with E-state index in [4.69, 9.17) is 0 Å². The van der Waals surface area contributed by atoms with Crippen molar-refractivity contribution in [2.24, 2.45) is 0 Å². The van der Waals surface area contributed by atoms with E-state index in [1.807, 2.05) is 0 Å². The molecular formula is C14H11BrFNO. The first-order chi connectivity index (χ1) is 8.63. The smallest absolute Gasteiger partial charge is 0.151 e. The number of carbonyl (C=O) groups excluding carboxylic acids is 1. The molecule has 2 aromatic carbocycles. The highest BCUT2D eigenvalue weighted by Gasteiger charge is 2.10. The Balaban J connectivity index is 2.40. The van der Waals surface area contributed by atoms with Crippen molar-refractivity contribution in [2.75, 3.05) is 11.9 Å². The van der Waals surface area contributed by atoms with E-state index in [1.165, 1.54) is 6.07 Å². The number of nitrogens with zero attached hydrogens (tertiary/aromatic N) is 1. The van der Waals surface area contributed by atoms with Gasteiger partial charge < -0.3 is 4.90 Å². The van der Waals surface area contributed by atoms with Crippen molar-refractivity contribution >= 4 is 33.6 Å². The number of halogens is 2. The van der Waals surface area contributed by atoms with E-state index in [0.29, 0.717) is 15.7 Å². The van der Waals surface area contributed by atoms with Gasteiger partial charge in [0.05, 0.1) is 5.69 Å². The van der Waals surface area contributed by atoms with Gasteiger partial charge in [-0.1, -0.05) is 12.1 Å². The number of hydrogen-bond donors (Lipinski definition) is 0. The third kappa shape index (κ3) is 2.43. The summed E-state index contributed by atoms with van der Waals surface area (Å²) in [5, 5.41) is 0. The van der Waals surface area contributed by atoms with Gasteiger partial charge in [0.1, 0.15) is 5.82 Å². The van der Waals surface area contributed by atoms with Crippen molar-refractivity contribution in [3.8, 4) is 0 Å². The molecule has 0 fully saturated rings. The van der Waals surface area contributed by atoms with Crippen LogP contribution in [0.1, 0.15) is 10.4 Å². The highest BCUT2D eigenvalue weighted by Crippen LogP contribution is 2.29. The summed E-state index contributed by atoms with van der Waals surface area (Å²) in [6, 6.07) is 11.8. The maximum atomic E-state index is 13.7. The summed E-state index contributed by atoms with van der Waals surface area (Å²) in [5.41, 5.74) is 1.86. The van der Waals surface area contributed by atoms with Crippen LogP contribution in [-0.2, 0) is 0 Å². The number of benzene rings is 2. The molecule has 2 aromatic rings. The fourth-order valence-corrected chi connectivity index (χ4v) is 2.14. The van der Waals surface area contributed by atoms with E-state index in [0.717, 1.165) is 12.0 Å². The Bertz CT molecular complexity index is 586. The van der Waals surface area contributed by atoms with Crippen LogP contribution in [0.15, 0.2) is 46.9 Å². The predicted molar refractivity (Wildman–Crippen MR) is 74.0 cm³/mol. The summed E-state index contributed by atoms with van der Waals surface area (Å²) in [6.45, 7) is 0. The first-order valence-corrected chi connectivity index (χ1v) is 6.16. The molecule has 0 bridgehead atoms. The molecule has 2 nitrogen and oxygen atoms in total. The van der Waals surface area contributed by atoms with Gasteiger partial charge in [-0.3, -0.25) is 4.79 Å². The predicted octanol–water partition coefficient (Wildman–Crippen LogP) is 4.17. The number of anilines is 2. The molecule has 92 valence electrons. The van der Waals surface area contributed by atoms with Crippen LogP contribution in [0.4, 0.5) is 15.8 Å². The van der Waals surface area contributed by atoms with Crippen LogP contribution in [0.25, 0.3) is 0 Å². The molecule has 0 aliphatic heterocycles. The molecule has 0 atom stereocenters. The number of hydrogen-bond acceptors (Lipinski definition) is 2. The first-order valence-electron chi connectivity index (χ1n) is 5.36. The zero-order valence-electron chi connectivity index (χ0n) is 9.73. The van der Waals surface area contributed by atoms with Gasteiger partial charge in [-0.25, -0.2) is 4.39 Å². The molecule has 0 aliphatic rings. The van der Waals surface area contributed by atoms with Gasteiger partial charge in [0.15, 0.2) is 6.29 Å². The van der Waals surface area contributed by atoms with Crippen molar-refractivity contribution in [3.63, 3.8) is 0 Å². The molecule has 0 radical (unpaired) electrons. The minimum atomic E-state index is -0.282. The third-order valence-corrected chi connectivity index (χ3v) is 3.40. The van der Waals surface area contributed by atoms with Gasteiger partial charge in [-0.05, 0) is 46.3 Å². The van der Waals surface area contributed by atoms with Gasteiger partial charge in [0, 0.05) is 22.8 Å². The van der Waals surface area contributed by atoms with Crippen molar-refractivity contribution in [1.29, 1.82) is 0 Å². The second-order valence-electron chi connectivity index (χ2n) is 3.83. The zero-order chi connectivity index (χ0) is 13.1. The van der Waals surface area contributed by atoms with E-state index in [-0.39, 0.29) is 5.82 Å². The Morgan fingerprint density at radius 3 is 2.56 bits per heavy atom.